The van der Waals surface area contributed by atoms with Gasteiger partial charge in [0, 0.05) is 0 Å². The van der Waals surface area contributed by atoms with Crippen molar-refractivity contribution in [2.45, 2.75) is 13.8 Å². The quantitative estimate of drug-likeness (QED) is 0.708. The Morgan fingerprint density at radius 1 is 0.962 bits per heavy atom. The monoisotopic (exact) mass is 357 g/mol. The minimum Gasteiger partial charge on any atom is -0.267 e. The Hall–Kier alpha value is -3.41. The zero-order valence-corrected chi connectivity index (χ0v) is 15.2. The highest BCUT2D eigenvalue weighted by molar-refractivity contribution is 7.07. The highest BCUT2D eigenvalue weighted by Gasteiger charge is 2.11. The molecule has 0 atom stereocenters. The maximum Gasteiger partial charge on any atom is 0.273 e. The molecule has 3 aromatic rings. The van der Waals surface area contributed by atoms with Crippen molar-refractivity contribution in [1.82, 2.24) is 4.57 Å². The Bertz CT molecular complexity index is 1200. The summed E-state index contributed by atoms with van der Waals surface area (Å²) in [5.74, 6) is 0. The second-order valence-electron chi connectivity index (χ2n) is 5.90. The molecule has 0 saturated heterocycles. The molecule has 126 valence electrons. The predicted octanol–water partition coefficient (Wildman–Crippen LogP) is 2.54. The van der Waals surface area contributed by atoms with E-state index in [2.05, 4.69) is 0 Å². The summed E-state index contributed by atoms with van der Waals surface area (Å²) < 4.78 is 2.26. The van der Waals surface area contributed by atoms with E-state index in [4.69, 9.17) is 0 Å². The van der Waals surface area contributed by atoms with Gasteiger partial charge in [0.15, 0.2) is 5.57 Å². The van der Waals surface area contributed by atoms with Gasteiger partial charge in [0.05, 0.1) is 10.2 Å². The molecular weight excluding hydrogens is 342 g/mol. The molecule has 26 heavy (non-hydrogen) atoms. The van der Waals surface area contributed by atoms with Crippen LogP contribution in [0.2, 0.25) is 0 Å². The van der Waals surface area contributed by atoms with Gasteiger partial charge in [0.1, 0.15) is 16.8 Å². The molecule has 0 fully saturated rings. The third-order valence-corrected chi connectivity index (χ3v) is 5.02. The first-order valence-electron chi connectivity index (χ1n) is 7.95. The van der Waals surface area contributed by atoms with E-state index >= 15 is 0 Å². The van der Waals surface area contributed by atoms with Crippen molar-refractivity contribution in [2.75, 3.05) is 0 Å². The second kappa shape index (κ2) is 7.23. The molecule has 0 amide bonds. The standard InChI is InChI=1S/C21H15N3OS/c1-14-3-7-16(8-4-14)11-19-20(25)24(18-9-5-15(2)6-10-18)21(26-19)17(12-22)13-23/h3-11H,1-2H3/b19-11-. The predicted molar refractivity (Wildman–Crippen MR) is 103 cm³/mol. The molecule has 1 aromatic heterocycles. The van der Waals surface area contributed by atoms with Crippen molar-refractivity contribution in [3.05, 3.63) is 84.8 Å². The van der Waals surface area contributed by atoms with E-state index in [9.17, 15) is 15.3 Å². The number of hydrogen-bond donors (Lipinski definition) is 0. The molecule has 2 aromatic carbocycles. The largest absolute Gasteiger partial charge is 0.273 e. The fourth-order valence-corrected chi connectivity index (χ4v) is 3.57. The number of rotatable bonds is 2. The summed E-state index contributed by atoms with van der Waals surface area (Å²) >= 11 is 1.15. The van der Waals surface area contributed by atoms with Crippen molar-refractivity contribution in [2.24, 2.45) is 0 Å². The Labute approximate surface area is 154 Å². The highest BCUT2D eigenvalue weighted by atomic mass is 32.1. The van der Waals surface area contributed by atoms with Crippen LogP contribution in [0, 0.1) is 36.5 Å². The van der Waals surface area contributed by atoms with Gasteiger partial charge >= 0.3 is 0 Å². The number of aryl methyl sites for hydroxylation is 2. The first-order chi connectivity index (χ1) is 12.5. The molecule has 0 aliphatic rings. The lowest BCUT2D eigenvalue weighted by Gasteiger charge is -2.02. The third kappa shape index (κ3) is 3.35. The molecule has 0 aliphatic carbocycles. The molecule has 0 aliphatic heterocycles. The molecule has 5 heteroatoms. The number of benzene rings is 2. The number of hydrogen-bond acceptors (Lipinski definition) is 4. The van der Waals surface area contributed by atoms with Crippen LogP contribution < -0.4 is 14.8 Å². The van der Waals surface area contributed by atoms with E-state index in [0.717, 1.165) is 28.0 Å². The lowest BCUT2D eigenvalue weighted by atomic mass is 10.1. The molecule has 0 spiro atoms. The van der Waals surface area contributed by atoms with Gasteiger partial charge in [-0.1, -0.05) is 47.5 Å². The summed E-state index contributed by atoms with van der Waals surface area (Å²) in [6.07, 6.45) is 1.78. The summed E-state index contributed by atoms with van der Waals surface area (Å²) in [7, 11) is 0. The van der Waals surface area contributed by atoms with Crippen LogP contribution in [0.5, 0.6) is 0 Å². The Kier molecular flexibility index (Phi) is 4.84. The van der Waals surface area contributed by atoms with Crippen molar-refractivity contribution < 1.29 is 0 Å². The minimum atomic E-state index is -0.238. The molecule has 1 heterocycles. The fourth-order valence-electron chi connectivity index (χ4n) is 2.51. The number of nitriles is 2. The third-order valence-electron chi connectivity index (χ3n) is 3.93. The molecule has 4 nitrogen and oxygen atoms in total. The molecule has 0 N–H and O–H groups in total. The summed E-state index contributed by atoms with van der Waals surface area (Å²) in [4.78, 5) is 13.0. The summed E-state index contributed by atoms with van der Waals surface area (Å²) in [6, 6.07) is 19.0. The average Bonchev–Trinajstić information content (AvgIpc) is 2.95. The van der Waals surface area contributed by atoms with Gasteiger partial charge in [-0.3, -0.25) is 9.36 Å². The highest BCUT2D eigenvalue weighted by Crippen LogP contribution is 2.07. The van der Waals surface area contributed by atoms with Gasteiger partial charge in [-0.15, -0.1) is 11.3 Å². The Balaban J connectivity index is 2.36. The fraction of sp³-hybridized carbons (Fsp3) is 0.0952. The first-order valence-corrected chi connectivity index (χ1v) is 8.77. The second-order valence-corrected chi connectivity index (χ2v) is 6.93. The summed E-state index contributed by atoms with van der Waals surface area (Å²) in [5.41, 5.74) is 3.42. The van der Waals surface area contributed by atoms with Crippen molar-refractivity contribution in [3.8, 4) is 17.8 Å². The normalized spacial score (nSPS) is 11.0. The van der Waals surface area contributed by atoms with Crippen molar-refractivity contribution in [3.63, 3.8) is 0 Å². The van der Waals surface area contributed by atoms with Gasteiger partial charge in [0.25, 0.3) is 5.56 Å². The lowest BCUT2D eigenvalue weighted by molar-refractivity contribution is 0.986. The molecular formula is C21H15N3OS. The summed E-state index contributed by atoms with van der Waals surface area (Å²) in [6.45, 7) is 3.96. The van der Waals surface area contributed by atoms with Gasteiger partial charge in [-0.25, -0.2) is 0 Å². The van der Waals surface area contributed by atoms with Gasteiger partial charge in [-0.05, 0) is 37.6 Å². The molecule has 0 bridgehead atoms. The van der Waals surface area contributed by atoms with Gasteiger partial charge < -0.3 is 0 Å². The van der Waals surface area contributed by atoms with E-state index in [1.54, 1.807) is 6.08 Å². The Morgan fingerprint density at radius 2 is 1.50 bits per heavy atom. The lowest BCUT2D eigenvalue weighted by Crippen LogP contribution is -2.30. The summed E-state index contributed by atoms with van der Waals surface area (Å²) in [5, 5.41) is 18.6. The average molecular weight is 357 g/mol. The van der Waals surface area contributed by atoms with E-state index in [0.29, 0.717) is 14.9 Å². The minimum absolute atomic E-state index is 0.0729. The van der Waals surface area contributed by atoms with E-state index in [1.165, 1.54) is 4.57 Å². The smallest absolute Gasteiger partial charge is 0.267 e. The SMILES string of the molecule is Cc1ccc(/C=c2\sc(=C(C#N)C#N)n(-c3ccc(C)cc3)c2=O)cc1. The van der Waals surface area contributed by atoms with Crippen LogP contribution in [0.1, 0.15) is 16.7 Å². The number of aromatic nitrogens is 1. The van der Waals surface area contributed by atoms with Crippen LogP contribution in [0.4, 0.5) is 0 Å². The van der Waals surface area contributed by atoms with Crippen molar-refractivity contribution >= 4 is 23.0 Å². The van der Waals surface area contributed by atoms with Crippen molar-refractivity contribution in [1.29, 1.82) is 10.5 Å². The number of nitrogens with zero attached hydrogens (tertiary/aromatic N) is 3. The van der Waals surface area contributed by atoms with Crippen LogP contribution in [0.15, 0.2) is 53.3 Å². The van der Waals surface area contributed by atoms with E-state index in [-0.39, 0.29) is 11.1 Å². The van der Waals surface area contributed by atoms with Crippen LogP contribution in [0.25, 0.3) is 17.3 Å². The maximum atomic E-state index is 13.0. The van der Waals surface area contributed by atoms with Crippen LogP contribution in [-0.2, 0) is 0 Å². The van der Waals surface area contributed by atoms with Gasteiger partial charge in [-0.2, -0.15) is 10.5 Å². The Morgan fingerprint density at radius 3 is 2.04 bits per heavy atom. The molecule has 0 saturated carbocycles. The van der Waals surface area contributed by atoms with Crippen LogP contribution in [-0.4, -0.2) is 4.57 Å². The number of thiazole rings is 1. The first kappa shape index (κ1) is 17.4. The van der Waals surface area contributed by atoms with Crippen LogP contribution >= 0.6 is 11.3 Å². The maximum absolute atomic E-state index is 13.0. The zero-order chi connectivity index (χ0) is 18.7. The van der Waals surface area contributed by atoms with E-state index < -0.39 is 0 Å². The molecule has 0 unspecified atom stereocenters. The van der Waals surface area contributed by atoms with Gasteiger partial charge in [0.2, 0.25) is 0 Å². The van der Waals surface area contributed by atoms with E-state index in [1.807, 2.05) is 74.5 Å². The van der Waals surface area contributed by atoms with Crippen LogP contribution in [0.3, 0.4) is 0 Å². The molecule has 0 radical (unpaired) electrons. The molecule has 3 rings (SSSR count). The topological polar surface area (TPSA) is 69.6 Å². The zero-order valence-electron chi connectivity index (χ0n) is 14.4.